The van der Waals surface area contributed by atoms with Gasteiger partial charge in [0.1, 0.15) is 12.2 Å². The summed E-state index contributed by atoms with van der Waals surface area (Å²) in [4.78, 5) is 2.21. The molecule has 0 saturated heterocycles. The summed E-state index contributed by atoms with van der Waals surface area (Å²) in [6.07, 6.45) is 2.56. The first-order chi connectivity index (χ1) is 9.22. The van der Waals surface area contributed by atoms with Crippen molar-refractivity contribution in [1.29, 1.82) is 0 Å². The van der Waals surface area contributed by atoms with Crippen LogP contribution in [0.2, 0.25) is 0 Å². The first kappa shape index (κ1) is 12.2. The molecule has 0 aliphatic carbocycles. The molecular formula is C13H14F2N4. The molecule has 0 fully saturated rings. The highest BCUT2D eigenvalue weighted by molar-refractivity contribution is 5.17. The van der Waals surface area contributed by atoms with Gasteiger partial charge in [-0.3, -0.25) is 4.90 Å². The minimum Gasteiger partial charge on any atom is -0.316 e. The Balaban J connectivity index is 1.67. The Hall–Kier alpha value is -1.82. The van der Waals surface area contributed by atoms with Crippen LogP contribution >= 0.6 is 0 Å². The second kappa shape index (κ2) is 5.05. The third-order valence-electron chi connectivity index (χ3n) is 3.39. The van der Waals surface area contributed by atoms with Gasteiger partial charge in [-0.1, -0.05) is 6.07 Å². The lowest BCUT2D eigenvalue weighted by Crippen LogP contribution is -2.26. The highest BCUT2D eigenvalue weighted by Gasteiger charge is 2.15. The lowest BCUT2D eigenvalue weighted by molar-refractivity contribution is 0.270. The Labute approximate surface area is 109 Å². The van der Waals surface area contributed by atoms with Crippen molar-refractivity contribution in [2.45, 2.75) is 19.5 Å². The van der Waals surface area contributed by atoms with Crippen molar-refractivity contribution in [2.75, 3.05) is 13.1 Å². The van der Waals surface area contributed by atoms with Crippen LogP contribution < -0.4 is 0 Å². The standard InChI is InChI=1S/C13H14F2N4/c14-11-2-1-10(7-12(11)15)8-18-4-3-13-17-16-9-19(13)6-5-18/h1-2,7,9H,3-6,8H2. The van der Waals surface area contributed by atoms with Crippen molar-refractivity contribution in [2.24, 2.45) is 0 Å². The molecule has 100 valence electrons. The Bertz CT molecular complexity index is 559. The molecule has 0 unspecified atom stereocenters. The Morgan fingerprint density at radius 2 is 2.00 bits per heavy atom. The number of benzene rings is 1. The molecule has 1 aromatic carbocycles. The predicted molar refractivity (Wildman–Crippen MR) is 65.4 cm³/mol. The van der Waals surface area contributed by atoms with Crippen LogP contribution in [0.4, 0.5) is 8.78 Å². The quantitative estimate of drug-likeness (QED) is 0.826. The molecule has 6 heteroatoms. The van der Waals surface area contributed by atoms with Gasteiger partial charge in [0.05, 0.1) is 0 Å². The third kappa shape index (κ3) is 2.63. The minimum atomic E-state index is -0.800. The van der Waals surface area contributed by atoms with Crippen molar-refractivity contribution in [1.82, 2.24) is 19.7 Å². The zero-order chi connectivity index (χ0) is 13.2. The van der Waals surface area contributed by atoms with Gasteiger partial charge in [-0.05, 0) is 17.7 Å². The van der Waals surface area contributed by atoms with E-state index < -0.39 is 11.6 Å². The molecule has 0 N–H and O–H groups in total. The van der Waals surface area contributed by atoms with Crippen molar-refractivity contribution < 1.29 is 8.78 Å². The zero-order valence-electron chi connectivity index (χ0n) is 10.4. The summed E-state index contributed by atoms with van der Waals surface area (Å²) in [5.41, 5.74) is 0.788. The van der Waals surface area contributed by atoms with E-state index in [1.165, 1.54) is 12.1 Å². The van der Waals surface area contributed by atoms with E-state index in [0.29, 0.717) is 6.54 Å². The number of halogens is 2. The van der Waals surface area contributed by atoms with Gasteiger partial charge >= 0.3 is 0 Å². The summed E-state index contributed by atoms with van der Waals surface area (Å²) < 4.78 is 28.1. The molecule has 0 spiro atoms. The van der Waals surface area contributed by atoms with Crippen molar-refractivity contribution in [3.63, 3.8) is 0 Å². The van der Waals surface area contributed by atoms with Gasteiger partial charge < -0.3 is 4.57 Å². The van der Waals surface area contributed by atoms with E-state index in [1.807, 2.05) is 4.57 Å². The molecule has 2 heterocycles. The smallest absolute Gasteiger partial charge is 0.159 e. The van der Waals surface area contributed by atoms with E-state index in [0.717, 1.165) is 37.4 Å². The van der Waals surface area contributed by atoms with Crippen LogP contribution in [0.5, 0.6) is 0 Å². The monoisotopic (exact) mass is 264 g/mol. The summed E-state index contributed by atoms with van der Waals surface area (Å²) >= 11 is 0. The number of hydrogen-bond donors (Lipinski definition) is 0. The Morgan fingerprint density at radius 3 is 2.84 bits per heavy atom. The molecule has 0 atom stereocenters. The maximum atomic E-state index is 13.2. The number of rotatable bonds is 2. The largest absolute Gasteiger partial charge is 0.316 e. The molecular weight excluding hydrogens is 250 g/mol. The molecule has 1 aliphatic rings. The second-order valence-corrected chi connectivity index (χ2v) is 4.72. The molecule has 2 aromatic rings. The topological polar surface area (TPSA) is 34.0 Å². The Morgan fingerprint density at radius 1 is 1.11 bits per heavy atom. The fourth-order valence-corrected chi connectivity index (χ4v) is 2.33. The van der Waals surface area contributed by atoms with Crippen LogP contribution in [0, 0.1) is 11.6 Å². The fraction of sp³-hybridized carbons (Fsp3) is 0.385. The minimum absolute atomic E-state index is 0.620. The van der Waals surface area contributed by atoms with E-state index in [1.54, 1.807) is 12.4 Å². The van der Waals surface area contributed by atoms with Gasteiger partial charge in [0, 0.05) is 32.6 Å². The van der Waals surface area contributed by atoms with Gasteiger partial charge in [0.15, 0.2) is 11.6 Å². The zero-order valence-corrected chi connectivity index (χ0v) is 10.4. The first-order valence-corrected chi connectivity index (χ1v) is 6.25. The summed E-state index contributed by atoms with van der Waals surface area (Å²) in [7, 11) is 0. The van der Waals surface area contributed by atoms with Crippen LogP contribution in [0.3, 0.4) is 0 Å². The number of hydrogen-bond acceptors (Lipinski definition) is 3. The second-order valence-electron chi connectivity index (χ2n) is 4.72. The van der Waals surface area contributed by atoms with Gasteiger partial charge in [0.2, 0.25) is 0 Å². The first-order valence-electron chi connectivity index (χ1n) is 6.25. The number of aromatic nitrogens is 3. The molecule has 4 nitrogen and oxygen atoms in total. The third-order valence-corrected chi connectivity index (χ3v) is 3.39. The van der Waals surface area contributed by atoms with Crippen LogP contribution in [0.1, 0.15) is 11.4 Å². The van der Waals surface area contributed by atoms with Gasteiger partial charge in [-0.15, -0.1) is 10.2 Å². The summed E-state index contributed by atoms with van der Waals surface area (Å²) in [5, 5.41) is 7.94. The molecule has 19 heavy (non-hydrogen) atoms. The molecule has 0 saturated carbocycles. The lowest BCUT2D eigenvalue weighted by atomic mass is 10.2. The van der Waals surface area contributed by atoms with E-state index in [-0.39, 0.29) is 0 Å². The van der Waals surface area contributed by atoms with E-state index in [4.69, 9.17) is 0 Å². The molecule has 1 aromatic heterocycles. The average Bonchev–Trinajstić information content (AvgIpc) is 2.77. The fourth-order valence-electron chi connectivity index (χ4n) is 2.33. The van der Waals surface area contributed by atoms with Crippen molar-refractivity contribution in [3.05, 3.63) is 47.5 Å². The summed E-state index contributed by atoms with van der Waals surface area (Å²) in [6, 6.07) is 4.07. The number of nitrogens with zero attached hydrogens (tertiary/aromatic N) is 4. The SMILES string of the molecule is Fc1ccc(CN2CCc3nncn3CC2)cc1F. The highest BCUT2D eigenvalue weighted by Crippen LogP contribution is 2.13. The molecule has 0 bridgehead atoms. The van der Waals surface area contributed by atoms with Gasteiger partial charge in [-0.2, -0.15) is 0 Å². The average molecular weight is 264 g/mol. The molecule has 0 radical (unpaired) electrons. The van der Waals surface area contributed by atoms with E-state index in [2.05, 4.69) is 15.1 Å². The van der Waals surface area contributed by atoms with Crippen LogP contribution in [-0.4, -0.2) is 32.8 Å². The van der Waals surface area contributed by atoms with Crippen LogP contribution in [-0.2, 0) is 19.5 Å². The molecule has 1 aliphatic heterocycles. The molecule has 3 rings (SSSR count). The summed E-state index contributed by atoms with van der Waals surface area (Å²) in [5.74, 6) is -0.608. The van der Waals surface area contributed by atoms with Crippen molar-refractivity contribution in [3.8, 4) is 0 Å². The highest BCUT2D eigenvalue weighted by atomic mass is 19.2. The normalized spacial score (nSPS) is 16.1. The van der Waals surface area contributed by atoms with Crippen LogP contribution in [0.25, 0.3) is 0 Å². The lowest BCUT2D eigenvalue weighted by Gasteiger charge is -2.19. The van der Waals surface area contributed by atoms with Gasteiger partial charge in [-0.25, -0.2) is 8.78 Å². The maximum Gasteiger partial charge on any atom is 0.159 e. The van der Waals surface area contributed by atoms with Crippen LogP contribution in [0.15, 0.2) is 24.5 Å². The summed E-state index contributed by atoms with van der Waals surface area (Å²) in [6.45, 7) is 3.14. The van der Waals surface area contributed by atoms with E-state index in [9.17, 15) is 8.78 Å². The Kier molecular flexibility index (Phi) is 3.25. The van der Waals surface area contributed by atoms with Crippen molar-refractivity contribution >= 4 is 0 Å². The number of fused-ring (bicyclic) bond motifs is 1. The molecule has 0 amide bonds. The maximum absolute atomic E-state index is 13.2. The predicted octanol–water partition coefficient (Wildman–Crippen LogP) is 1.61. The van der Waals surface area contributed by atoms with E-state index >= 15 is 0 Å². The van der Waals surface area contributed by atoms with Gasteiger partial charge in [0.25, 0.3) is 0 Å².